The summed E-state index contributed by atoms with van der Waals surface area (Å²) in [5.41, 5.74) is 9.82. The van der Waals surface area contributed by atoms with Gasteiger partial charge in [0.25, 0.3) is 0 Å². The van der Waals surface area contributed by atoms with E-state index in [2.05, 4.69) is 16.7 Å². The van der Waals surface area contributed by atoms with Crippen LogP contribution in [0.2, 0.25) is 0 Å². The Hall–Kier alpha value is -8.59. The van der Waals surface area contributed by atoms with Crippen LogP contribution in [0.25, 0.3) is 94.8 Å². The van der Waals surface area contributed by atoms with Crippen LogP contribution in [0, 0.1) is 29.6 Å². The average molecular weight is 834 g/mol. The molecule has 304 valence electrons. The molecule has 8 aromatic carbocycles. The van der Waals surface area contributed by atoms with Crippen molar-refractivity contribution < 1.29 is 13.2 Å². The zero-order chi connectivity index (χ0) is 44.0. The van der Waals surface area contributed by atoms with Crippen LogP contribution in [-0.2, 0) is 6.18 Å². The quantitative estimate of drug-likeness (QED) is 0.160. The maximum Gasteiger partial charge on any atom is 0.417 e. The van der Waals surface area contributed by atoms with Gasteiger partial charge in [-0.3, -0.25) is 0 Å². The number of aryl methyl sites for hydroxylation is 1. The lowest BCUT2D eigenvalue weighted by atomic mass is 9.89. The van der Waals surface area contributed by atoms with Crippen molar-refractivity contribution in [3.05, 3.63) is 210 Å². The van der Waals surface area contributed by atoms with Crippen molar-refractivity contribution in [3.63, 3.8) is 0 Å². The Morgan fingerprint density at radius 3 is 1.56 bits per heavy atom. The molecule has 10 aromatic rings. The van der Waals surface area contributed by atoms with Crippen molar-refractivity contribution in [1.29, 1.82) is 10.5 Å². The zero-order valence-corrected chi connectivity index (χ0v) is 34.3. The molecule has 2 heterocycles. The first-order valence-electron chi connectivity index (χ1n) is 20.6. The Kier molecular flexibility index (Phi) is 9.90. The Balaban J connectivity index is 1.34. The monoisotopic (exact) mass is 833 g/mol. The number of halogens is 3. The molecule has 8 heteroatoms. The molecule has 0 fully saturated rings. The normalized spacial score (nSPS) is 11.4. The summed E-state index contributed by atoms with van der Waals surface area (Å²) in [5.74, 6) is 0.434. The van der Waals surface area contributed by atoms with E-state index in [0.717, 1.165) is 32.9 Å². The molecule has 0 saturated heterocycles. The van der Waals surface area contributed by atoms with E-state index in [-0.39, 0.29) is 5.56 Å². The maximum atomic E-state index is 14.6. The predicted molar refractivity (Wildman–Crippen MR) is 248 cm³/mol. The highest BCUT2D eigenvalue weighted by Crippen LogP contribution is 2.46. The summed E-state index contributed by atoms with van der Waals surface area (Å²) in [6.07, 6.45) is -4.57. The minimum Gasteiger partial charge on any atom is -0.308 e. The summed E-state index contributed by atoms with van der Waals surface area (Å²) < 4.78 is 45.8. The van der Waals surface area contributed by atoms with Crippen LogP contribution >= 0.6 is 0 Å². The molecule has 0 radical (unpaired) electrons. The van der Waals surface area contributed by atoms with Gasteiger partial charge in [0, 0.05) is 49.7 Å². The molecular weight excluding hydrogens is 800 g/mol. The van der Waals surface area contributed by atoms with Crippen LogP contribution in [0.4, 0.5) is 13.2 Å². The lowest BCUT2D eigenvalue weighted by Gasteiger charge is -2.22. The first-order valence-corrected chi connectivity index (χ1v) is 20.6. The molecule has 0 amide bonds. The van der Waals surface area contributed by atoms with Gasteiger partial charge >= 0.3 is 6.18 Å². The highest BCUT2D eigenvalue weighted by atomic mass is 19.4. The van der Waals surface area contributed by atoms with Crippen LogP contribution < -0.4 is 0 Å². The molecule has 64 heavy (non-hydrogen) atoms. The lowest BCUT2D eigenvalue weighted by Crippen LogP contribution is -2.07. The van der Waals surface area contributed by atoms with Crippen molar-refractivity contribution in [2.75, 3.05) is 0 Å². The average Bonchev–Trinajstić information content (AvgIpc) is 3.66. The van der Waals surface area contributed by atoms with E-state index in [9.17, 15) is 23.7 Å². The minimum atomic E-state index is -4.57. The third-order valence-corrected chi connectivity index (χ3v) is 11.6. The van der Waals surface area contributed by atoms with E-state index in [1.807, 2.05) is 152 Å². The number of hydrogen-bond acceptors (Lipinski definition) is 4. The van der Waals surface area contributed by atoms with Crippen LogP contribution in [-0.4, -0.2) is 14.5 Å². The number of para-hydroxylation sites is 1. The van der Waals surface area contributed by atoms with E-state index >= 15 is 0 Å². The molecule has 5 nitrogen and oxygen atoms in total. The molecule has 0 bridgehead atoms. The molecule has 2 aromatic heterocycles. The Morgan fingerprint density at radius 1 is 0.453 bits per heavy atom. The second-order valence-corrected chi connectivity index (χ2v) is 15.6. The number of alkyl halides is 3. The van der Waals surface area contributed by atoms with E-state index in [0.29, 0.717) is 73.0 Å². The topological polar surface area (TPSA) is 78.3 Å². The largest absolute Gasteiger partial charge is 0.417 e. The van der Waals surface area contributed by atoms with Gasteiger partial charge in [-0.15, -0.1) is 0 Å². The third kappa shape index (κ3) is 7.03. The summed E-state index contributed by atoms with van der Waals surface area (Å²) in [7, 11) is 0. The van der Waals surface area contributed by atoms with Crippen molar-refractivity contribution in [2.24, 2.45) is 0 Å². The van der Waals surface area contributed by atoms with Crippen LogP contribution in [0.1, 0.15) is 22.3 Å². The molecular formula is C56H34F3N5. The predicted octanol–water partition coefficient (Wildman–Crippen LogP) is 14.6. The minimum absolute atomic E-state index is 0.0843. The first kappa shape index (κ1) is 39.5. The summed E-state index contributed by atoms with van der Waals surface area (Å²) in [4.78, 5) is 10.4. The van der Waals surface area contributed by atoms with E-state index < -0.39 is 11.7 Å². The smallest absolute Gasteiger partial charge is 0.308 e. The van der Waals surface area contributed by atoms with Gasteiger partial charge in [0.15, 0.2) is 5.82 Å². The molecule has 0 N–H and O–H groups in total. The number of nitrogens with zero attached hydrogens (tertiary/aromatic N) is 5. The maximum absolute atomic E-state index is 14.6. The molecule has 0 atom stereocenters. The summed E-state index contributed by atoms with van der Waals surface area (Å²) >= 11 is 0. The highest BCUT2D eigenvalue weighted by molar-refractivity contribution is 6.12. The zero-order valence-electron chi connectivity index (χ0n) is 34.3. The summed E-state index contributed by atoms with van der Waals surface area (Å²) in [6, 6.07) is 62.9. The fourth-order valence-electron chi connectivity index (χ4n) is 8.66. The van der Waals surface area contributed by atoms with Crippen molar-refractivity contribution >= 4 is 21.8 Å². The van der Waals surface area contributed by atoms with Crippen molar-refractivity contribution in [3.8, 4) is 85.1 Å². The van der Waals surface area contributed by atoms with E-state index in [1.54, 1.807) is 31.2 Å². The van der Waals surface area contributed by atoms with Gasteiger partial charge in [-0.1, -0.05) is 139 Å². The first-order chi connectivity index (χ1) is 31.2. The highest BCUT2D eigenvalue weighted by Gasteiger charge is 2.34. The second-order valence-electron chi connectivity index (χ2n) is 15.6. The Morgan fingerprint density at radius 2 is 0.984 bits per heavy atom. The molecule has 0 aliphatic heterocycles. The molecule has 0 unspecified atom stereocenters. The number of rotatable bonds is 7. The van der Waals surface area contributed by atoms with Gasteiger partial charge in [0.2, 0.25) is 0 Å². The number of hydrogen-bond donors (Lipinski definition) is 0. The van der Waals surface area contributed by atoms with Gasteiger partial charge in [-0.2, -0.15) is 23.7 Å². The summed E-state index contributed by atoms with van der Waals surface area (Å²) in [6.45, 7) is 1.65. The SMILES string of the molecule is Cc1ccc(-c2ccc3c(c2)c2ccccc2n3-c2c(-c3ccccc3C#N)cc(-c3nc(-c4ccccc4)cc(-c4ccccc4)n3)cc2-c2ccccc2C#N)c(C(F)(F)F)c1. The van der Waals surface area contributed by atoms with Crippen LogP contribution in [0.5, 0.6) is 0 Å². The van der Waals surface area contributed by atoms with Gasteiger partial charge in [-0.05, 0) is 72.6 Å². The van der Waals surface area contributed by atoms with Gasteiger partial charge < -0.3 is 4.57 Å². The van der Waals surface area contributed by atoms with E-state index in [4.69, 9.17) is 9.97 Å². The standard InChI is InChI=1S/C56H34F3N5/c1-35-24-26-44(49(28-35)56(57,58)59)38-25-27-53-46(29-38)45-22-12-13-23-52(45)64(53)54-47(42-20-10-8-18-39(42)33-60)30-41(31-48(54)43-21-11-9-19-40(43)34-61)55-62-50(36-14-4-2-5-15-36)32-51(63-55)37-16-6-3-7-17-37/h2-32H,1H3. The second kappa shape index (κ2) is 16.0. The molecule has 0 saturated carbocycles. The van der Waals surface area contributed by atoms with Gasteiger partial charge in [0.05, 0.1) is 56.9 Å². The van der Waals surface area contributed by atoms with Gasteiger partial charge in [-0.25, -0.2) is 9.97 Å². The third-order valence-electron chi connectivity index (χ3n) is 11.6. The molecule has 0 spiro atoms. The van der Waals surface area contributed by atoms with Crippen LogP contribution in [0.15, 0.2) is 188 Å². The molecule has 0 aliphatic rings. The Bertz CT molecular complexity index is 3390. The van der Waals surface area contributed by atoms with Crippen LogP contribution in [0.3, 0.4) is 0 Å². The summed E-state index contributed by atoms with van der Waals surface area (Å²) in [5, 5.41) is 22.9. The number of fused-ring (bicyclic) bond motifs is 3. The lowest BCUT2D eigenvalue weighted by molar-refractivity contribution is -0.137. The fraction of sp³-hybridized carbons (Fsp3) is 0.0357. The van der Waals surface area contributed by atoms with Gasteiger partial charge in [0.1, 0.15) is 0 Å². The van der Waals surface area contributed by atoms with Crippen molar-refractivity contribution in [2.45, 2.75) is 13.1 Å². The molecule has 10 rings (SSSR count). The number of benzene rings is 8. The van der Waals surface area contributed by atoms with Crippen molar-refractivity contribution in [1.82, 2.24) is 14.5 Å². The Labute approximate surface area is 367 Å². The van der Waals surface area contributed by atoms with E-state index in [1.165, 1.54) is 12.1 Å². The number of aromatic nitrogens is 3. The number of nitriles is 2. The fourth-order valence-corrected chi connectivity index (χ4v) is 8.66. The molecule has 0 aliphatic carbocycles.